The highest BCUT2D eigenvalue weighted by atomic mass is 35.5. The van der Waals surface area contributed by atoms with Crippen molar-refractivity contribution < 1.29 is 4.74 Å². The molecule has 2 rings (SSSR count). The van der Waals surface area contributed by atoms with Crippen molar-refractivity contribution in [3.05, 3.63) is 70.2 Å². The second-order valence-electron chi connectivity index (χ2n) is 4.65. The molecule has 4 heteroatoms. The Morgan fingerprint density at radius 3 is 2.67 bits per heavy atom. The molecule has 0 saturated carbocycles. The minimum Gasteiger partial charge on any atom is -0.504 e. The first-order valence-corrected chi connectivity index (χ1v) is 7.52. The summed E-state index contributed by atoms with van der Waals surface area (Å²) in [7, 11) is 1.64. The number of nitrogens with zero attached hydrogens (tertiary/aromatic N) is 1. The lowest BCUT2D eigenvalue weighted by molar-refractivity contribution is 0.338. The van der Waals surface area contributed by atoms with Gasteiger partial charge in [0.15, 0.2) is 0 Å². The number of ether oxygens (including phenoxy) is 1. The number of hydrogen-bond donors (Lipinski definition) is 0. The summed E-state index contributed by atoms with van der Waals surface area (Å²) >= 11 is 12.3. The van der Waals surface area contributed by atoms with Gasteiger partial charge in [0.05, 0.1) is 19.1 Å². The van der Waals surface area contributed by atoms with Crippen molar-refractivity contribution in [1.29, 1.82) is 0 Å². The molecule has 2 nitrogen and oxygen atoms in total. The quantitative estimate of drug-likeness (QED) is 0.671. The van der Waals surface area contributed by atoms with Crippen LogP contribution in [0.15, 0.2) is 48.9 Å². The first-order valence-electron chi connectivity index (χ1n) is 6.76. The maximum absolute atomic E-state index is 6.36. The van der Waals surface area contributed by atoms with Crippen LogP contribution in [0.5, 0.6) is 0 Å². The number of rotatable bonds is 5. The molecular weight excluding hydrogens is 305 g/mol. The molecule has 1 aromatic carbocycles. The van der Waals surface area contributed by atoms with Gasteiger partial charge in [-0.15, -0.1) is 0 Å². The fourth-order valence-corrected chi connectivity index (χ4v) is 2.91. The second-order valence-corrected chi connectivity index (χ2v) is 5.49. The van der Waals surface area contributed by atoms with Gasteiger partial charge >= 0.3 is 0 Å². The third-order valence-electron chi connectivity index (χ3n) is 3.33. The Hall–Kier alpha value is -1.51. The molecule has 1 unspecified atom stereocenters. The Balaban J connectivity index is 2.49. The first kappa shape index (κ1) is 15.9. The molecule has 2 aromatic rings. The van der Waals surface area contributed by atoms with E-state index in [9.17, 15) is 0 Å². The van der Waals surface area contributed by atoms with Gasteiger partial charge in [0.25, 0.3) is 0 Å². The van der Waals surface area contributed by atoms with Crippen molar-refractivity contribution in [1.82, 2.24) is 4.98 Å². The Bertz CT molecular complexity index is 626. The van der Waals surface area contributed by atoms with Crippen molar-refractivity contribution in [3.63, 3.8) is 0 Å². The molecule has 0 N–H and O–H groups in total. The maximum atomic E-state index is 6.36. The van der Waals surface area contributed by atoms with Gasteiger partial charge in [-0.2, -0.15) is 0 Å². The lowest BCUT2D eigenvalue weighted by Gasteiger charge is -2.20. The Kier molecular flexibility index (Phi) is 5.66. The summed E-state index contributed by atoms with van der Waals surface area (Å²) in [6, 6.07) is 11.4. The van der Waals surface area contributed by atoms with Crippen LogP contribution in [0.4, 0.5) is 0 Å². The highest BCUT2D eigenvalue weighted by Gasteiger charge is 2.20. The van der Waals surface area contributed by atoms with E-state index in [1.54, 1.807) is 25.6 Å². The van der Waals surface area contributed by atoms with Crippen LogP contribution >= 0.6 is 23.2 Å². The smallest absolute Gasteiger partial charge is 0.0884 e. The molecule has 0 spiro atoms. The number of aromatic nitrogens is 1. The standard InChI is InChI=1S/C17H17Cl2NO/c1-3-13(14-8-7-12(18)10-16(14)19)15(11-21-2)17-6-4-5-9-20-17/h4-11,13H,3H2,1-2H3/b15-11-. The zero-order chi connectivity index (χ0) is 15.2. The molecule has 0 radical (unpaired) electrons. The first-order chi connectivity index (χ1) is 10.2. The minimum atomic E-state index is 0.101. The van der Waals surface area contributed by atoms with Crippen LogP contribution < -0.4 is 0 Å². The molecular formula is C17H17Cl2NO. The molecule has 0 fully saturated rings. The van der Waals surface area contributed by atoms with Crippen molar-refractivity contribution in [2.45, 2.75) is 19.3 Å². The van der Waals surface area contributed by atoms with Gasteiger partial charge < -0.3 is 4.74 Å². The van der Waals surface area contributed by atoms with E-state index in [4.69, 9.17) is 27.9 Å². The van der Waals surface area contributed by atoms with E-state index in [0.29, 0.717) is 10.0 Å². The number of allylic oxidation sites excluding steroid dienone is 1. The SMILES string of the molecule is CCC(/C(=C/OC)c1ccccn1)c1ccc(Cl)cc1Cl. The monoisotopic (exact) mass is 321 g/mol. The number of pyridine rings is 1. The van der Waals surface area contributed by atoms with Crippen molar-refractivity contribution in [2.75, 3.05) is 7.11 Å². The normalized spacial score (nSPS) is 13.0. The van der Waals surface area contributed by atoms with E-state index in [1.165, 1.54) is 0 Å². The maximum Gasteiger partial charge on any atom is 0.0884 e. The largest absolute Gasteiger partial charge is 0.504 e. The molecule has 1 heterocycles. The Labute approximate surface area is 135 Å². The fourth-order valence-electron chi connectivity index (χ4n) is 2.37. The summed E-state index contributed by atoms with van der Waals surface area (Å²) in [4.78, 5) is 4.42. The Morgan fingerprint density at radius 1 is 1.29 bits per heavy atom. The van der Waals surface area contributed by atoms with Gasteiger partial charge in [-0.3, -0.25) is 4.98 Å². The molecule has 0 aliphatic rings. The minimum absolute atomic E-state index is 0.101. The zero-order valence-electron chi connectivity index (χ0n) is 12.0. The van der Waals surface area contributed by atoms with E-state index in [2.05, 4.69) is 11.9 Å². The van der Waals surface area contributed by atoms with Gasteiger partial charge in [0.1, 0.15) is 0 Å². The molecule has 0 aliphatic carbocycles. The van der Waals surface area contributed by atoms with Crippen molar-refractivity contribution in [3.8, 4) is 0 Å². The molecule has 0 saturated heterocycles. The number of halogens is 2. The van der Waals surface area contributed by atoms with Crippen LogP contribution in [0.25, 0.3) is 5.57 Å². The predicted molar refractivity (Wildman–Crippen MR) is 88.7 cm³/mol. The average Bonchev–Trinajstić information content (AvgIpc) is 2.50. The van der Waals surface area contributed by atoms with E-state index in [0.717, 1.165) is 23.3 Å². The van der Waals surface area contributed by atoms with Crippen LogP contribution in [0.2, 0.25) is 10.0 Å². The van der Waals surface area contributed by atoms with E-state index >= 15 is 0 Å². The number of benzene rings is 1. The van der Waals surface area contributed by atoms with Crippen LogP contribution in [-0.4, -0.2) is 12.1 Å². The zero-order valence-corrected chi connectivity index (χ0v) is 13.5. The Morgan fingerprint density at radius 2 is 2.10 bits per heavy atom. The predicted octanol–water partition coefficient (Wildman–Crippen LogP) is 5.57. The highest BCUT2D eigenvalue weighted by molar-refractivity contribution is 6.35. The van der Waals surface area contributed by atoms with Crippen molar-refractivity contribution in [2.24, 2.45) is 0 Å². The molecule has 0 bridgehead atoms. The highest BCUT2D eigenvalue weighted by Crippen LogP contribution is 2.38. The topological polar surface area (TPSA) is 22.1 Å². The lowest BCUT2D eigenvalue weighted by atomic mass is 9.87. The molecule has 0 amide bonds. The molecule has 1 aromatic heterocycles. The van der Waals surface area contributed by atoms with Crippen LogP contribution in [0.1, 0.15) is 30.5 Å². The van der Waals surface area contributed by atoms with Crippen LogP contribution in [0, 0.1) is 0 Å². The third kappa shape index (κ3) is 3.78. The summed E-state index contributed by atoms with van der Waals surface area (Å²) in [5, 5.41) is 1.29. The van der Waals surface area contributed by atoms with Crippen LogP contribution in [0.3, 0.4) is 0 Å². The fraction of sp³-hybridized carbons (Fsp3) is 0.235. The van der Waals surface area contributed by atoms with Crippen molar-refractivity contribution >= 4 is 28.8 Å². The molecule has 0 aliphatic heterocycles. The molecule has 21 heavy (non-hydrogen) atoms. The summed E-state index contributed by atoms with van der Waals surface area (Å²) in [5.74, 6) is 0.101. The molecule has 1 atom stereocenters. The number of hydrogen-bond acceptors (Lipinski definition) is 2. The van der Waals surface area contributed by atoms with E-state index in [-0.39, 0.29) is 5.92 Å². The summed E-state index contributed by atoms with van der Waals surface area (Å²) < 4.78 is 5.26. The average molecular weight is 322 g/mol. The second kappa shape index (κ2) is 7.48. The van der Waals surface area contributed by atoms with Gasteiger partial charge in [-0.1, -0.05) is 42.3 Å². The van der Waals surface area contributed by atoms with Gasteiger partial charge in [-0.25, -0.2) is 0 Å². The molecule has 110 valence electrons. The number of methoxy groups -OCH3 is 1. The summed E-state index contributed by atoms with van der Waals surface area (Å²) in [6.45, 7) is 2.11. The van der Waals surface area contributed by atoms with Gasteiger partial charge in [-0.05, 0) is 36.2 Å². The third-order valence-corrected chi connectivity index (χ3v) is 3.89. The lowest BCUT2D eigenvalue weighted by Crippen LogP contribution is -2.04. The summed E-state index contributed by atoms with van der Waals surface area (Å²) in [5.41, 5.74) is 2.92. The summed E-state index contributed by atoms with van der Waals surface area (Å²) in [6.07, 6.45) is 4.39. The van der Waals surface area contributed by atoms with Crippen LogP contribution in [-0.2, 0) is 4.74 Å². The van der Waals surface area contributed by atoms with E-state index in [1.807, 2.05) is 30.3 Å². The van der Waals surface area contributed by atoms with Gasteiger partial charge in [0.2, 0.25) is 0 Å². The van der Waals surface area contributed by atoms with Gasteiger partial charge in [0, 0.05) is 27.7 Å². The van der Waals surface area contributed by atoms with E-state index < -0.39 is 0 Å².